The van der Waals surface area contributed by atoms with Gasteiger partial charge in [-0.05, 0) is 41.3 Å². The van der Waals surface area contributed by atoms with Gasteiger partial charge in [-0.1, -0.05) is 66.7 Å². The van der Waals surface area contributed by atoms with Gasteiger partial charge in [-0.25, -0.2) is 0 Å². The van der Waals surface area contributed by atoms with Crippen molar-refractivity contribution in [2.24, 2.45) is 0 Å². The zero-order valence-corrected chi connectivity index (χ0v) is 20.5. The van der Waals surface area contributed by atoms with Crippen molar-refractivity contribution in [1.82, 2.24) is 16.2 Å². The maximum absolute atomic E-state index is 13.3. The van der Waals surface area contributed by atoms with E-state index in [1.165, 1.54) is 11.3 Å². The highest BCUT2D eigenvalue weighted by atomic mass is 32.1. The Morgan fingerprint density at radius 1 is 0.676 bits per heavy atom. The molecule has 0 aliphatic rings. The van der Waals surface area contributed by atoms with Gasteiger partial charge >= 0.3 is 0 Å². The smallest absolute Gasteiger partial charge is 0.279 e. The second-order valence-corrected chi connectivity index (χ2v) is 8.95. The minimum Gasteiger partial charge on any atom is -0.340 e. The third-order valence-corrected chi connectivity index (χ3v) is 6.27. The summed E-state index contributed by atoms with van der Waals surface area (Å²) in [5, 5.41) is 7.26. The molecule has 4 N–H and O–H groups in total. The van der Waals surface area contributed by atoms with Crippen LogP contribution < -0.4 is 21.5 Å². The summed E-state index contributed by atoms with van der Waals surface area (Å²) in [6.07, 6.45) is 0.186. The molecule has 0 saturated carbocycles. The Balaban J connectivity index is 1.49. The van der Waals surface area contributed by atoms with Gasteiger partial charge in [0.25, 0.3) is 23.6 Å². The van der Waals surface area contributed by atoms with E-state index in [2.05, 4.69) is 21.5 Å². The predicted molar refractivity (Wildman–Crippen MR) is 142 cm³/mol. The van der Waals surface area contributed by atoms with Crippen molar-refractivity contribution in [1.29, 1.82) is 0 Å². The summed E-state index contributed by atoms with van der Waals surface area (Å²) >= 11 is 1.24. The van der Waals surface area contributed by atoms with Crippen molar-refractivity contribution >= 4 is 40.7 Å². The van der Waals surface area contributed by atoms with E-state index in [1.807, 2.05) is 30.3 Å². The first-order valence-electron chi connectivity index (χ1n) is 11.4. The van der Waals surface area contributed by atoms with Crippen LogP contribution in [0.1, 0.15) is 36.0 Å². The summed E-state index contributed by atoms with van der Waals surface area (Å²) in [6.45, 7) is 0. The first-order chi connectivity index (χ1) is 18.0. The van der Waals surface area contributed by atoms with Crippen LogP contribution in [-0.2, 0) is 11.2 Å². The number of rotatable bonds is 8. The molecule has 1 atom stereocenters. The Hall–Kier alpha value is -4.76. The van der Waals surface area contributed by atoms with Crippen molar-refractivity contribution in [2.75, 3.05) is 5.32 Å². The number of carbonyl (C=O) groups excluding carboxylic acids is 4. The van der Waals surface area contributed by atoms with Gasteiger partial charge in [0.2, 0.25) is 0 Å². The number of hydrogen-bond acceptors (Lipinski definition) is 5. The van der Waals surface area contributed by atoms with E-state index in [-0.39, 0.29) is 17.9 Å². The molecule has 0 aliphatic carbocycles. The molecule has 8 nitrogen and oxygen atoms in total. The molecule has 1 heterocycles. The fraction of sp³-hybridized carbons (Fsp3) is 0.0714. The Morgan fingerprint density at radius 2 is 1.35 bits per heavy atom. The molecule has 0 fully saturated rings. The molecule has 186 valence electrons. The summed E-state index contributed by atoms with van der Waals surface area (Å²) in [4.78, 5) is 51.7. The summed E-state index contributed by atoms with van der Waals surface area (Å²) in [5.41, 5.74) is 6.55. The summed E-state index contributed by atoms with van der Waals surface area (Å²) < 4.78 is 0. The summed E-state index contributed by atoms with van der Waals surface area (Å²) in [7, 11) is 0. The number of thiophene rings is 1. The maximum atomic E-state index is 13.3. The standard InChI is InChI=1S/C28H24N4O4S/c33-25(20-12-5-2-6-13-20)29-22-15-8-7-14-21(22)26(34)30-23(18-19-10-3-1-4-11-19)27(35)31-32-28(36)24-16-9-17-37-24/h1-17,23H,18H2,(H,29,33)(H,30,34)(H,31,35)(H,32,36)/t23-/m0/s1. The third-order valence-electron chi connectivity index (χ3n) is 5.40. The summed E-state index contributed by atoms with van der Waals surface area (Å²) in [6, 6.07) is 26.7. The molecule has 9 heteroatoms. The minimum atomic E-state index is -1.00. The average Bonchev–Trinajstić information content (AvgIpc) is 3.48. The van der Waals surface area contributed by atoms with E-state index in [0.29, 0.717) is 16.1 Å². The number of carbonyl (C=O) groups is 4. The van der Waals surface area contributed by atoms with Gasteiger partial charge in [0.05, 0.1) is 16.1 Å². The van der Waals surface area contributed by atoms with E-state index in [0.717, 1.165) is 5.56 Å². The minimum absolute atomic E-state index is 0.186. The van der Waals surface area contributed by atoms with Gasteiger partial charge in [0.15, 0.2) is 0 Å². The number of amides is 4. The molecular formula is C28H24N4O4S. The molecule has 4 amide bonds. The van der Waals surface area contributed by atoms with Crippen molar-refractivity contribution in [2.45, 2.75) is 12.5 Å². The van der Waals surface area contributed by atoms with Crippen LogP contribution in [0.4, 0.5) is 5.69 Å². The number of nitrogens with one attached hydrogen (secondary N) is 4. The molecule has 0 unspecified atom stereocenters. The fourth-order valence-corrected chi connectivity index (χ4v) is 4.16. The summed E-state index contributed by atoms with van der Waals surface area (Å²) in [5.74, 6) is -1.96. The third kappa shape index (κ3) is 6.89. The van der Waals surface area contributed by atoms with Gasteiger partial charge in [-0.15, -0.1) is 11.3 Å². The number of anilines is 1. The monoisotopic (exact) mass is 512 g/mol. The molecule has 4 rings (SSSR count). The molecule has 4 aromatic rings. The van der Waals surface area contributed by atoms with Gasteiger partial charge in [0, 0.05) is 12.0 Å². The van der Waals surface area contributed by atoms with Crippen LogP contribution >= 0.6 is 11.3 Å². The molecule has 3 aromatic carbocycles. The van der Waals surface area contributed by atoms with Crippen LogP contribution in [0.2, 0.25) is 0 Å². The second-order valence-electron chi connectivity index (χ2n) is 8.00. The van der Waals surface area contributed by atoms with Gasteiger partial charge in [0.1, 0.15) is 6.04 Å². The van der Waals surface area contributed by atoms with Gasteiger partial charge in [-0.2, -0.15) is 0 Å². The van der Waals surface area contributed by atoms with Crippen LogP contribution in [0.5, 0.6) is 0 Å². The molecule has 37 heavy (non-hydrogen) atoms. The molecule has 0 bridgehead atoms. The van der Waals surface area contributed by atoms with Crippen LogP contribution in [0.3, 0.4) is 0 Å². The Morgan fingerprint density at radius 3 is 2.05 bits per heavy atom. The molecule has 0 spiro atoms. The van der Waals surface area contributed by atoms with E-state index in [9.17, 15) is 19.2 Å². The molecule has 0 radical (unpaired) electrons. The topological polar surface area (TPSA) is 116 Å². The zero-order valence-electron chi connectivity index (χ0n) is 19.6. The highest BCUT2D eigenvalue weighted by Crippen LogP contribution is 2.17. The van der Waals surface area contributed by atoms with Crippen molar-refractivity contribution in [3.05, 3.63) is 124 Å². The van der Waals surface area contributed by atoms with Crippen LogP contribution in [0.25, 0.3) is 0 Å². The molecule has 0 saturated heterocycles. The lowest BCUT2D eigenvalue weighted by Crippen LogP contribution is -2.53. The molecule has 1 aromatic heterocycles. The lowest BCUT2D eigenvalue weighted by atomic mass is 10.0. The fourth-order valence-electron chi connectivity index (χ4n) is 3.54. The number of para-hydroxylation sites is 1. The number of benzene rings is 3. The van der Waals surface area contributed by atoms with Crippen molar-refractivity contribution < 1.29 is 19.2 Å². The highest BCUT2D eigenvalue weighted by molar-refractivity contribution is 7.12. The zero-order chi connectivity index (χ0) is 26.0. The van der Waals surface area contributed by atoms with Crippen LogP contribution in [0.15, 0.2) is 102 Å². The van der Waals surface area contributed by atoms with Crippen LogP contribution in [0, 0.1) is 0 Å². The SMILES string of the molecule is O=C(Nc1ccccc1C(=O)N[C@@H](Cc1ccccc1)C(=O)NNC(=O)c1cccs1)c1ccccc1. The Kier molecular flexibility index (Phi) is 8.41. The quantitative estimate of drug-likeness (QED) is 0.269. The van der Waals surface area contributed by atoms with Gasteiger partial charge < -0.3 is 10.6 Å². The Bertz CT molecular complexity index is 1380. The lowest BCUT2D eigenvalue weighted by molar-refractivity contribution is -0.123. The van der Waals surface area contributed by atoms with Crippen molar-refractivity contribution in [3.8, 4) is 0 Å². The lowest BCUT2D eigenvalue weighted by Gasteiger charge is -2.20. The second kappa shape index (κ2) is 12.3. The number of hydrazine groups is 1. The largest absolute Gasteiger partial charge is 0.340 e. The highest BCUT2D eigenvalue weighted by Gasteiger charge is 2.24. The van der Waals surface area contributed by atoms with E-state index < -0.39 is 23.8 Å². The van der Waals surface area contributed by atoms with Crippen molar-refractivity contribution in [3.63, 3.8) is 0 Å². The Labute approximate surface area is 217 Å². The average molecular weight is 513 g/mol. The van der Waals surface area contributed by atoms with Crippen LogP contribution in [-0.4, -0.2) is 29.7 Å². The van der Waals surface area contributed by atoms with E-state index >= 15 is 0 Å². The predicted octanol–water partition coefficient (Wildman–Crippen LogP) is 3.80. The first-order valence-corrected chi connectivity index (χ1v) is 12.3. The normalized spacial score (nSPS) is 11.1. The molecular weight excluding hydrogens is 488 g/mol. The van der Waals surface area contributed by atoms with Gasteiger partial charge in [-0.3, -0.25) is 30.0 Å². The van der Waals surface area contributed by atoms with E-state index in [4.69, 9.17) is 0 Å². The maximum Gasteiger partial charge on any atom is 0.279 e. The van der Waals surface area contributed by atoms with E-state index in [1.54, 1.807) is 72.1 Å². The number of hydrogen-bond donors (Lipinski definition) is 4. The first kappa shape index (κ1) is 25.3. The molecule has 0 aliphatic heterocycles.